The number of hydrogen-bond donors (Lipinski definition) is 0. The van der Waals surface area contributed by atoms with Crippen LogP contribution in [0.25, 0.3) is 0 Å². The molecule has 0 N–H and O–H groups in total. The van der Waals surface area contributed by atoms with Crippen molar-refractivity contribution < 1.29 is 9.53 Å². The molecule has 1 saturated carbocycles. The number of carbonyl (C=O) groups is 1. The number of carbonyl (C=O) groups excluding carboxylic acids is 1. The van der Waals surface area contributed by atoms with Crippen molar-refractivity contribution in [2.24, 2.45) is 11.3 Å². The van der Waals surface area contributed by atoms with Crippen LogP contribution < -0.4 is 0 Å². The van der Waals surface area contributed by atoms with E-state index in [1.165, 1.54) is 12.8 Å². The van der Waals surface area contributed by atoms with Crippen molar-refractivity contribution in [1.82, 2.24) is 0 Å². The highest BCUT2D eigenvalue weighted by molar-refractivity contribution is 6.30. The van der Waals surface area contributed by atoms with Gasteiger partial charge in [0.2, 0.25) is 0 Å². The van der Waals surface area contributed by atoms with E-state index in [4.69, 9.17) is 16.3 Å². The Hall–Kier alpha value is -1.02. The first-order valence-electron chi connectivity index (χ1n) is 6.98. The van der Waals surface area contributed by atoms with Crippen LogP contribution in [0, 0.1) is 11.3 Å². The molecule has 0 radical (unpaired) electrons. The highest BCUT2D eigenvalue weighted by Gasteiger charge is 2.47. The quantitative estimate of drug-likeness (QED) is 0.557. The summed E-state index contributed by atoms with van der Waals surface area (Å²) in [7, 11) is 0. The molecule has 19 heavy (non-hydrogen) atoms. The maximum atomic E-state index is 11.8. The van der Waals surface area contributed by atoms with Crippen LogP contribution in [-0.2, 0) is 4.74 Å². The largest absolute Gasteiger partial charge is 0.462 e. The first-order chi connectivity index (χ1) is 9.05. The minimum absolute atomic E-state index is 0.281. The molecule has 3 heteroatoms. The lowest BCUT2D eigenvalue weighted by atomic mass is 10.0. The van der Waals surface area contributed by atoms with Gasteiger partial charge in [0, 0.05) is 5.02 Å². The zero-order chi connectivity index (χ0) is 13.9. The molecule has 1 aliphatic rings. The molecular formula is C16H21ClO2. The number of rotatable bonds is 6. The normalized spacial score (nSPS) is 25.1. The fourth-order valence-corrected chi connectivity index (χ4v) is 2.77. The van der Waals surface area contributed by atoms with Crippen molar-refractivity contribution in [3.8, 4) is 0 Å². The summed E-state index contributed by atoms with van der Waals surface area (Å²) in [6.07, 6.45) is 4.69. The van der Waals surface area contributed by atoms with Crippen molar-refractivity contribution in [3.63, 3.8) is 0 Å². The van der Waals surface area contributed by atoms with Crippen LogP contribution in [0.3, 0.4) is 0 Å². The van der Waals surface area contributed by atoms with Gasteiger partial charge < -0.3 is 4.74 Å². The van der Waals surface area contributed by atoms with Crippen LogP contribution in [0.5, 0.6) is 0 Å². The lowest BCUT2D eigenvalue weighted by Gasteiger charge is -2.08. The lowest BCUT2D eigenvalue weighted by molar-refractivity contribution is 0.0496. The molecule has 0 saturated heterocycles. The summed E-state index contributed by atoms with van der Waals surface area (Å²) in [5.74, 6) is 0.541. The van der Waals surface area contributed by atoms with Crippen molar-refractivity contribution >= 4 is 17.6 Å². The fourth-order valence-electron chi connectivity index (χ4n) is 2.58. The monoisotopic (exact) mass is 280 g/mol. The van der Waals surface area contributed by atoms with Gasteiger partial charge in [0.05, 0.1) is 12.2 Å². The van der Waals surface area contributed by atoms with E-state index in [9.17, 15) is 4.79 Å². The number of ether oxygens (including phenoxy) is 1. The average Bonchev–Trinajstić information content (AvgIpc) is 3.06. The van der Waals surface area contributed by atoms with Gasteiger partial charge in [-0.1, -0.05) is 37.9 Å². The SMILES string of the molecule is CCC1(C)CC1CCCOC(=O)c1cccc(Cl)c1. The molecule has 0 aromatic heterocycles. The van der Waals surface area contributed by atoms with E-state index in [1.807, 2.05) is 0 Å². The Bertz CT molecular complexity index is 458. The van der Waals surface area contributed by atoms with E-state index in [0.717, 1.165) is 18.8 Å². The third-order valence-corrected chi connectivity index (χ3v) is 4.57. The molecule has 0 amide bonds. The Morgan fingerprint density at radius 2 is 2.32 bits per heavy atom. The highest BCUT2D eigenvalue weighted by atomic mass is 35.5. The third-order valence-electron chi connectivity index (χ3n) is 4.34. The fraction of sp³-hybridized carbons (Fsp3) is 0.562. The maximum absolute atomic E-state index is 11.8. The first-order valence-corrected chi connectivity index (χ1v) is 7.35. The summed E-state index contributed by atoms with van der Waals surface area (Å²) in [5, 5.41) is 0.561. The summed E-state index contributed by atoms with van der Waals surface area (Å²) < 4.78 is 5.27. The molecule has 0 spiro atoms. The Balaban J connectivity index is 1.68. The molecule has 1 aromatic rings. The van der Waals surface area contributed by atoms with Crippen LogP contribution in [0.15, 0.2) is 24.3 Å². The molecule has 0 heterocycles. The zero-order valence-corrected chi connectivity index (χ0v) is 12.4. The van der Waals surface area contributed by atoms with Crippen LogP contribution in [-0.4, -0.2) is 12.6 Å². The average molecular weight is 281 g/mol. The van der Waals surface area contributed by atoms with Gasteiger partial charge in [-0.05, 0) is 48.8 Å². The van der Waals surface area contributed by atoms with Crippen molar-refractivity contribution in [1.29, 1.82) is 0 Å². The molecule has 2 nitrogen and oxygen atoms in total. The van der Waals surface area contributed by atoms with E-state index in [1.54, 1.807) is 24.3 Å². The lowest BCUT2D eigenvalue weighted by Crippen LogP contribution is -2.07. The molecule has 2 unspecified atom stereocenters. The van der Waals surface area contributed by atoms with Crippen LogP contribution in [0.4, 0.5) is 0 Å². The van der Waals surface area contributed by atoms with Crippen LogP contribution in [0.2, 0.25) is 5.02 Å². The number of esters is 1. The minimum Gasteiger partial charge on any atom is -0.462 e. The molecule has 0 aliphatic heterocycles. The van der Waals surface area contributed by atoms with E-state index in [0.29, 0.717) is 22.6 Å². The number of benzene rings is 1. The van der Waals surface area contributed by atoms with E-state index >= 15 is 0 Å². The summed E-state index contributed by atoms with van der Waals surface area (Å²) in [4.78, 5) is 11.8. The van der Waals surface area contributed by atoms with Gasteiger partial charge in [-0.25, -0.2) is 4.79 Å². The zero-order valence-electron chi connectivity index (χ0n) is 11.6. The Kier molecular flexibility index (Phi) is 4.51. The predicted octanol–water partition coefficient (Wildman–Crippen LogP) is 4.71. The van der Waals surface area contributed by atoms with Crippen molar-refractivity contribution in [2.45, 2.75) is 39.5 Å². The highest BCUT2D eigenvalue weighted by Crippen LogP contribution is 2.56. The number of halogens is 1. The molecule has 1 aromatic carbocycles. The molecule has 1 fully saturated rings. The van der Waals surface area contributed by atoms with Gasteiger partial charge in [0.15, 0.2) is 0 Å². The maximum Gasteiger partial charge on any atom is 0.338 e. The van der Waals surface area contributed by atoms with Crippen molar-refractivity contribution in [2.75, 3.05) is 6.61 Å². The molecular weight excluding hydrogens is 260 g/mol. The van der Waals surface area contributed by atoms with Gasteiger partial charge in [0.1, 0.15) is 0 Å². The van der Waals surface area contributed by atoms with Gasteiger partial charge in [0.25, 0.3) is 0 Å². The summed E-state index contributed by atoms with van der Waals surface area (Å²) >= 11 is 5.84. The molecule has 104 valence electrons. The summed E-state index contributed by atoms with van der Waals surface area (Å²) in [6, 6.07) is 6.87. The second-order valence-electron chi connectivity index (χ2n) is 5.70. The third kappa shape index (κ3) is 3.73. The van der Waals surface area contributed by atoms with Crippen LogP contribution in [0.1, 0.15) is 49.9 Å². The molecule has 2 rings (SSSR count). The second-order valence-corrected chi connectivity index (χ2v) is 6.13. The minimum atomic E-state index is -0.281. The predicted molar refractivity (Wildman–Crippen MR) is 77.5 cm³/mol. The van der Waals surface area contributed by atoms with Crippen LogP contribution >= 0.6 is 11.6 Å². The topological polar surface area (TPSA) is 26.3 Å². The number of hydrogen-bond acceptors (Lipinski definition) is 2. The standard InChI is InChI=1S/C16H21ClO2/c1-3-16(2)11-13(16)7-5-9-19-15(18)12-6-4-8-14(17)10-12/h4,6,8,10,13H,3,5,7,9,11H2,1-2H3. The van der Waals surface area contributed by atoms with E-state index < -0.39 is 0 Å². The second kappa shape index (κ2) is 5.96. The summed E-state index contributed by atoms with van der Waals surface area (Å²) in [6.45, 7) is 5.09. The Labute approximate surface area is 120 Å². The van der Waals surface area contributed by atoms with E-state index in [-0.39, 0.29) is 5.97 Å². The molecule has 2 atom stereocenters. The van der Waals surface area contributed by atoms with Crippen molar-refractivity contribution in [3.05, 3.63) is 34.9 Å². The Morgan fingerprint density at radius 1 is 1.53 bits per heavy atom. The molecule has 0 bridgehead atoms. The van der Waals surface area contributed by atoms with Gasteiger partial charge in [-0.15, -0.1) is 0 Å². The molecule has 1 aliphatic carbocycles. The first kappa shape index (κ1) is 14.4. The summed E-state index contributed by atoms with van der Waals surface area (Å²) in [5.41, 5.74) is 1.08. The van der Waals surface area contributed by atoms with Gasteiger partial charge in [-0.2, -0.15) is 0 Å². The van der Waals surface area contributed by atoms with E-state index in [2.05, 4.69) is 13.8 Å². The van der Waals surface area contributed by atoms with Gasteiger partial charge in [-0.3, -0.25) is 0 Å². The Morgan fingerprint density at radius 3 is 2.95 bits per heavy atom. The smallest absolute Gasteiger partial charge is 0.338 e. The van der Waals surface area contributed by atoms with Gasteiger partial charge >= 0.3 is 5.97 Å².